The summed E-state index contributed by atoms with van der Waals surface area (Å²) in [6.07, 6.45) is 0. The Morgan fingerprint density at radius 3 is 1.92 bits per heavy atom. The van der Waals surface area contributed by atoms with Crippen molar-refractivity contribution in [2.24, 2.45) is 0 Å². The Morgan fingerprint density at radius 1 is 0.429 bits per heavy atom. The fraction of sp³-hybridized carbons (Fsp3) is 0.0638. The maximum atomic E-state index is 6.77. The molecule has 2 nitrogen and oxygen atoms in total. The standard InChI is InChI=1S/C47H33NO/c1-47(2)41-22-9-7-18-35(41)36-26-25-33(29-42(36)47)48(43-24-11-16-30-13-5-6-17-34(30)43)44-23-10-8-19-37(44)38-20-12-21-39-40-27-31-14-3-4-15-32(31)28-45(40)49-46(38)39/h3-29H,1-2H3. The molecule has 0 amide bonds. The number of furan rings is 1. The van der Waals surface area contributed by atoms with Crippen LogP contribution in [0, 0.1) is 0 Å². The van der Waals surface area contributed by atoms with Crippen molar-refractivity contribution in [2.75, 3.05) is 4.90 Å². The Bertz CT molecular complexity index is 2760. The fourth-order valence-electron chi connectivity index (χ4n) is 8.23. The minimum atomic E-state index is -0.116. The molecule has 0 saturated carbocycles. The first-order valence-corrected chi connectivity index (χ1v) is 17.0. The van der Waals surface area contributed by atoms with Gasteiger partial charge in [0.25, 0.3) is 0 Å². The van der Waals surface area contributed by atoms with Gasteiger partial charge in [-0.15, -0.1) is 0 Å². The number of anilines is 3. The van der Waals surface area contributed by atoms with Gasteiger partial charge in [0.15, 0.2) is 0 Å². The molecule has 0 saturated heterocycles. The average molecular weight is 628 g/mol. The molecular weight excluding hydrogens is 595 g/mol. The second-order valence-electron chi connectivity index (χ2n) is 13.7. The number of nitrogens with zero attached hydrogens (tertiary/aromatic N) is 1. The van der Waals surface area contributed by atoms with Gasteiger partial charge in [-0.05, 0) is 74.8 Å². The first-order valence-electron chi connectivity index (χ1n) is 17.0. The van der Waals surface area contributed by atoms with E-state index >= 15 is 0 Å². The minimum absolute atomic E-state index is 0.116. The summed E-state index contributed by atoms with van der Waals surface area (Å²) in [6.45, 7) is 4.70. The first-order chi connectivity index (χ1) is 24.1. The molecule has 0 bridgehead atoms. The summed E-state index contributed by atoms with van der Waals surface area (Å²) in [5.74, 6) is 0. The normalized spacial score (nSPS) is 13.3. The zero-order chi connectivity index (χ0) is 32.7. The summed E-state index contributed by atoms with van der Waals surface area (Å²) >= 11 is 0. The number of hydrogen-bond acceptors (Lipinski definition) is 2. The summed E-state index contributed by atoms with van der Waals surface area (Å²) in [6, 6.07) is 59.5. The van der Waals surface area contributed by atoms with Crippen LogP contribution >= 0.6 is 0 Å². The molecule has 232 valence electrons. The molecule has 0 spiro atoms. The van der Waals surface area contributed by atoms with Crippen molar-refractivity contribution in [2.45, 2.75) is 19.3 Å². The Balaban J connectivity index is 1.24. The molecule has 0 aliphatic heterocycles. The second kappa shape index (κ2) is 10.4. The van der Waals surface area contributed by atoms with Crippen LogP contribution in [0.25, 0.3) is 65.7 Å². The highest BCUT2D eigenvalue weighted by molar-refractivity contribution is 6.14. The topological polar surface area (TPSA) is 16.4 Å². The van der Waals surface area contributed by atoms with E-state index in [4.69, 9.17) is 4.42 Å². The molecule has 49 heavy (non-hydrogen) atoms. The van der Waals surface area contributed by atoms with Crippen LogP contribution in [0.2, 0.25) is 0 Å². The van der Waals surface area contributed by atoms with E-state index in [9.17, 15) is 0 Å². The van der Waals surface area contributed by atoms with Crippen LogP contribution in [0.5, 0.6) is 0 Å². The van der Waals surface area contributed by atoms with Gasteiger partial charge in [-0.1, -0.05) is 141 Å². The van der Waals surface area contributed by atoms with Crippen molar-refractivity contribution >= 4 is 60.5 Å². The van der Waals surface area contributed by atoms with E-state index in [0.717, 1.165) is 50.1 Å². The van der Waals surface area contributed by atoms with Crippen LogP contribution in [-0.4, -0.2) is 0 Å². The highest BCUT2D eigenvalue weighted by Gasteiger charge is 2.36. The Morgan fingerprint density at radius 2 is 1.04 bits per heavy atom. The maximum absolute atomic E-state index is 6.77. The van der Waals surface area contributed by atoms with Crippen molar-refractivity contribution in [3.05, 3.63) is 175 Å². The molecule has 0 unspecified atom stereocenters. The van der Waals surface area contributed by atoms with E-state index in [-0.39, 0.29) is 5.41 Å². The molecular formula is C47H33NO. The number of para-hydroxylation sites is 2. The van der Waals surface area contributed by atoms with E-state index in [2.05, 4.69) is 183 Å². The first kappa shape index (κ1) is 27.9. The van der Waals surface area contributed by atoms with Gasteiger partial charge in [-0.3, -0.25) is 0 Å². The van der Waals surface area contributed by atoms with Gasteiger partial charge >= 0.3 is 0 Å². The predicted molar refractivity (Wildman–Crippen MR) is 206 cm³/mol. The van der Waals surface area contributed by atoms with Crippen molar-refractivity contribution in [3.63, 3.8) is 0 Å². The van der Waals surface area contributed by atoms with E-state index < -0.39 is 0 Å². The third kappa shape index (κ3) is 4.14. The van der Waals surface area contributed by atoms with E-state index in [0.29, 0.717) is 0 Å². The van der Waals surface area contributed by atoms with Gasteiger partial charge in [-0.2, -0.15) is 0 Å². The molecule has 1 heterocycles. The van der Waals surface area contributed by atoms with Gasteiger partial charge < -0.3 is 9.32 Å². The van der Waals surface area contributed by atoms with Gasteiger partial charge in [-0.25, -0.2) is 0 Å². The van der Waals surface area contributed by atoms with Crippen LogP contribution in [-0.2, 0) is 5.41 Å². The molecule has 8 aromatic carbocycles. The number of benzene rings is 8. The summed E-state index contributed by atoms with van der Waals surface area (Å²) in [5, 5.41) is 7.08. The van der Waals surface area contributed by atoms with E-state index in [1.54, 1.807) is 0 Å². The molecule has 10 rings (SSSR count). The predicted octanol–water partition coefficient (Wildman–Crippen LogP) is 13.3. The van der Waals surface area contributed by atoms with E-state index in [1.807, 2.05) is 0 Å². The molecule has 0 radical (unpaired) electrons. The fourth-order valence-corrected chi connectivity index (χ4v) is 8.23. The average Bonchev–Trinajstić information content (AvgIpc) is 3.62. The quantitative estimate of drug-likeness (QED) is 0.193. The molecule has 2 heteroatoms. The molecule has 1 aliphatic carbocycles. The largest absolute Gasteiger partial charge is 0.455 e. The number of fused-ring (bicyclic) bond motifs is 8. The smallest absolute Gasteiger partial charge is 0.143 e. The summed E-state index contributed by atoms with van der Waals surface area (Å²) in [7, 11) is 0. The van der Waals surface area contributed by atoms with Gasteiger partial charge in [0, 0.05) is 38.4 Å². The zero-order valence-corrected chi connectivity index (χ0v) is 27.4. The van der Waals surface area contributed by atoms with E-state index in [1.165, 1.54) is 43.8 Å². The molecule has 1 aliphatic rings. The summed E-state index contributed by atoms with van der Waals surface area (Å²) < 4.78 is 6.77. The van der Waals surface area contributed by atoms with Gasteiger partial charge in [0.05, 0.1) is 11.4 Å². The van der Waals surface area contributed by atoms with Gasteiger partial charge in [0.1, 0.15) is 11.2 Å². The molecule has 0 fully saturated rings. The van der Waals surface area contributed by atoms with Crippen molar-refractivity contribution in [1.82, 2.24) is 0 Å². The monoisotopic (exact) mass is 627 g/mol. The highest BCUT2D eigenvalue weighted by atomic mass is 16.3. The number of hydrogen-bond donors (Lipinski definition) is 0. The second-order valence-corrected chi connectivity index (χ2v) is 13.7. The molecule has 0 N–H and O–H groups in total. The lowest BCUT2D eigenvalue weighted by Crippen LogP contribution is -2.17. The van der Waals surface area contributed by atoms with Crippen LogP contribution in [0.3, 0.4) is 0 Å². The lowest BCUT2D eigenvalue weighted by atomic mass is 9.82. The highest BCUT2D eigenvalue weighted by Crippen LogP contribution is 2.52. The van der Waals surface area contributed by atoms with Crippen LogP contribution in [0.15, 0.2) is 168 Å². The van der Waals surface area contributed by atoms with Crippen LogP contribution in [0.4, 0.5) is 17.1 Å². The van der Waals surface area contributed by atoms with Gasteiger partial charge in [0.2, 0.25) is 0 Å². The lowest BCUT2D eigenvalue weighted by Gasteiger charge is -2.30. The van der Waals surface area contributed by atoms with Crippen LogP contribution in [0.1, 0.15) is 25.0 Å². The Kier molecular flexibility index (Phi) is 5.95. The minimum Gasteiger partial charge on any atom is -0.455 e. The van der Waals surface area contributed by atoms with Crippen molar-refractivity contribution in [3.8, 4) is 22.3 Å². The summed E-state index contributed by atoms with van der Waals surface area (Å²) in [4.78, 5) is 2.45. The third-order valence-corrected chi connectivity index (χ3v) is 10.6. The molecule has 9 aromatic rings. The molecule has 0 atom stereocenters. The Hall–Kier alpha value is -6.12. The molecule has 1 aromatic heterocycles. The van der Waals surface area contributed by atoms with Crippen molar-refractivity contribution in [1.29, 1.82) is 0 Å². The lowest BCUT2D eigenvalue weighted by molar-refractivity contribution is 0.660. The maximum Gasteiger partial charge on any atom is 0.143 e. The zero-order valence-electron chi connectivity index (χ0n) is 27.4. The number of rotatable bonds is 4. The SMILES string of the molecule is CC1(C)c2ccccc2-c2ccc(N(c3ccccc3-c3cccc4c3oc3cc5ccccc5cc34)c3cccc4ccccc34)cc21. The summed E-state index contributed by atoms with van der Waals surface area (Å²) in [5.41, 5.74) is 12.6. The van der Waals surface area contributed by atoms with Crippen molar-refractivity contribution < 1.29 is 4.42 Å². The third-order valence-electron chi connectivity index (χ3n) is 10.6. The Labute approximate surface area is 285 Å². The van der Waals surface area contributed by atoms with Crippen LogP contribution < -0.4 is 4.90 Å².